The van der Waals surface area contributed by atoms with Gasteiger partial charge in [0.05, 0.1) is 10.7 Å². The standard InChI is InChI=1S/C18H18ClFN4O2/c19-15-11-13(3-6-16(15)21)22-17(25)18(26)24-9-7-23(8-10-24)14-4-1-12(20)2-5-14/h1-6,11H,7-10,21H2,(H,22,25). The molecule has 8 heteroatoms. The van der Waals surface area contributed by atoms with Crippen molar-refractivity contribution in [1.29, 1.82) is 0 Å². The summed E-state index contributed by atoms with van der Waals surface area (Å²) in [5.41, 5.74) is 7.31. The van der Waals surface area contributed by atoms with Gasteiger partial charge in [-0.15, -0.1) is 0 Å². The van der Waals surface area contributed by atoms with E-state index in [1.807, 2.05) is 4.90 Å². The quantitative estimate of drug-likeness (QED) is 0.623. The van der Waals surface area contributed by atoms with Crippen molar-refractivity contribution >= 4 is 40.5 Å². The van der Waals surface area contributed by atoms with Gasteiger partial charge in [-0.05, 0) is 42.5 Å². The lowest BCUT2D eigenvalue weighted by Gasteiger charge is -2.35. The molecule has 0 spiro atoms. The minimum atomic E-state index is -0.721. The molecule has 2 aromatic carbocycles. The number of amides is 2. The van der Waals surface area contributed by atoms with E-state index in [1.165, 1.54) is 23.1 Å². The molecule has 1 aliphatic heterocycles. The largest absolute Gasteiger partial charge is 0.398 e. The van der Waals surface area contributed by atoms with Gasteiger partial charge >= 0.3 is 11.8 Å². The van der Waals surface area contributed by atoms with E-state index < -0.39 is 11.8 Å². The number of benzene rings is 2. The molecule has 0 aliphatic carbocycles. The molecule has 2 amide bonds. The van der Waals surface area contributed by atoms with Crippen LogP contribution in [0.1, 0.15) is 0 Å². The molecule has 0 aromatic heterocycles. The van der Waals surface area contributed by atoms with E-state index in [0.29, 0.717) is 42.6 Å². The van der Waals surface area contributed by atoms with Gasteiger partial charge in [0.25, 0.3) is 0 Å². The van der Waals surface area contributed by atoms with E-state index in [1.54, 1.807) is 24.3 Å². The first-order chi connectivity index (χ1) is 12.4. The Bertz CT molecular complexity index is 820. The molecule has 26 heavy (non-hydrogen) atoms. The highest BCUT2D eigenvalue weighted by molar-refractivity contribution is 6.40. The predicted octanol–water partition coefficient (Wildman–Crippen LogP) is 2.35. The lowest BCUT2D eigenvalue weighted by molar-refractivity contribution is -0.143. The van der Waals surface area contributed by atoms with Crippen LogP contribution in [0.5, 0.6) is 0 Å². The van der Waals surface area contributed by atoms with Crippen molar-refractivity contribution in [2.75, 3.05) is 42.1 Å². The molecule has 1 fully saturated rings. The first kappa shape index (κ1) is 18.0. The molecule has 0 atom stereocenters. The van der Waals surface area contributed by atoms with Crippen molar-refractivity contribution in [3.05, 3.63) is 53.3 Å². The van der Waals surface area contributed by atoms with Crippen molar-refractivity contribution < 1.29 is 14.0 Å². The van der Waals surface area contributed by atoms with E-state index in [0.717, 1.165) is 5.69 Å². The van der Waals surface area contributed by atoms with Crippen molar-refractivity contribution in [1.82, 2.24) is 4.90 Å². The maximum atomic E-state index is 13.0. The third-order valence-corrected chi connectivity index (χ3v) is 4.54. The van der Waals surface area contributed by atoms with Gasteiger partial charge in [-0.3, -0.25) is 9.59 Å². The van der Waals surface area contributed by atoms with Gasteiger partial charge in [0.15, 0.2) is 0 Å². The molecule has 2 aromatic rings. The zero-order valence-corrected chi connectivity index (χ0v) is 14.7. The fourth-order valence-corrected chi connectivity index (χ4v) is 2.93. The second-order valence-corrected chi connectivity index (χ2v) is 6.35. The van der Waals surface area contributed by atoms with Gasteiger partial charge in [-0.2, -0.15) is 0 Å². The number of nitrogens with two attached hydrogens (primary N) is 1. The summed E-state index contributed by atoms with van der Waals surface area (Å²) in [6.45, 7) is 1.95. The van der Waals surface area contributed by atoms with Crippen LogP contribution < -0.4 is 16.0 Å². The Balaban J connectivity index is 1.56. The van der Waals surface area contributed by atoms with Gasteiger partial charge in [0, 0.05) is 37.6 Å². The number of carbonyl (C=O) groups excluding carboxylic acids is 2. The van der Waals surface area contributed by atoms with Crippen LogP contribution in [0.15, 0.2) is 42.5 Å². The number of nitrogens with zero attached hydrogens (tertiary/aromatic N) is 2. The van der Waals surface area contributed by atoms with Gasteiger partial charge < -0.3 is 20.9 Å². The highest BCUT2D eigenvalue weighted by Gasteiger charge is 2.26. The van der Waals surface area contributed by atoms with Crippen molar-refractivity contribution in [2.45, 2.75) is 0 Å². The molecule has 1 aliphatic rings. The summed E-state index contributed by atoms with van der Waals surface area (Å²) in [6.07, 6.45) is 0. The summed E-state index contributed by atoms with van der Waals surface area (Å²) >= 11 is 5.91. The van der Waals surface area contributed by atoms with Crippen LogP contribution in [0.4, 0.5) is 21.5 Å². The second kappa shape index (κ2) is 7.61. The third kappa shape index (κ3) is 4.05. The van der Waals surface area contributed by atoms with Crippen LogP contribution >= 0.6 is 11.6 Å². The lowest BCUT2D eigenvalue weighted by atomic mass is 10.2. The van der Waals surface area contributed by atoms with E-state index in [-0.39, 0.29) is 5.82 Å². The topological polar surface area (TPSA) is 78.7 Å². The molecule has 0 radical (unpaired) electrons. The molecule has 136 valence electrons. The number of nitrogen functional groups attached to an aromatic ring is 1. The molecular weight excluding hydrogens is 359 g/mol. The molecule has 0 unspecified atom stereocenters. The Kier molecular flexibility index (Phi) is 5.27. The first-order valence-electron chi connectivity index (χ1n) is 8.10. The molecule has 1 heterocycles. The third-order valence-electron chi connectivity index (χ3n) is 4.21. The van der Waals surface area contributed by atoms with Crippen LogP contribution in [0, 0.1) is 5.82 Å². The van der Waals surface area contributed by atoms with E-state index in [2.05, 4.69) is 5.32 Å². The van der Waals surface area contributed by atoms with Crippen LogP contribution in [-0.2, 0) is 9.59 Å². The summed E-state index contributed by atoms with van der Waals surface area (Å²) < 4.78 is 13.0. The summed E-state index contributed by atoms with van der Waals surface area (Å²) in [5, 5.41) is 2.84. The van der Waals surface area contributed by atoms with Gasteiger partial charge in [-0.1, -0.05) is 11.6 Å². The van der Waals surface area contributed by atoms with Crippen molar-refractivity contribution in [3.8, 4) is 0 Å². The Morgan fingerprint density at radius 3 is 2.31 bits per heavy atom. The molecule has 3 rings (SSSR count). The maximum Gasteiger partial charge on any atom is 0.313 e. The average Bonchev–Trinajstić information content (AvgIpc) is 2.65. The molecule has 3 N–H and O–H groups in total. The summed E-state index contributed by atoms with van der Waals surface area (Å²) in [5.74, 6) is -1.61. The number of carbonyl (C=O) groups is 2. The zero-order valence-electron chi connectivity index (χ0n) is 13.9. The maximum absolute atomic E-state index is 13.0. The summed E-state index contributed by atoms with van der Waals surface area (Å²) in [4.78, 5) is 28.0. The van der Waals surface area contributed by atoms with Crippen LogP contribution in [0.25, 0.3) is 0 Å². The zero-order chi connectivity index (χ0) is 18.7. The smallest absolute Gasteiger partial charge is 0.313 e. The van der Waals surface area contributed by atoms with Gasteiger partial charge in [0.2, 0.25) is 0 Å². The number of hydrogen-bond donors (Lipinski definition) is 2. The molecule has 0 bridgehead atoms. The predicted molar refractivity (Wildman–Crippen MR) is 99.7 cm³/mol. The van der Waals surface area contributed by atoms with Crippen LogP contribution in [-0.4, -0.2) is 42.9 Å². The summed E-state index contributed by atoms with van der Waals surface area (Å²) in [7, 11) is 0. The number of halogens is 2. The fourth-order valence-electron chi connectivity index (χ4n) is 2.75. The number of hydrogen-bond acceptors (Lipinski definition) is 4. The highest BCUT2D eigenvalue weighted by atomic mass is 35.5. The minimum absolute atomic E-state index is 0.290. The van der Waals surface area contributed by atoms with Crippen LogP contribution in [0.2, 0.25) is 5.02 Å². The second-order valence-electron chi connectivity index (χ2n) is 5.95. The Morgan fingerprint density at radius 1 is 1.04 bits per heavy atom. The normalized spacial score (nSPS) is 14.2. The Hall–Kier alpha value is -2.80. The van der Waals surface area contributed by atoms with Crippen molar-refractivity contribution in [3.63, 3.8) is 0 Å². The minimum Gasteiger partial charge on any atom is -0.398 e. The number of rotatable bonds is 2. The highest BCUT2D eigenvalue weighted by Crippen LogP contribution is 2.22. The Morgan fingerprint density at radius 2 is 1.69 bits per heavy atom. The van der Waals surface area contributed by atoms with E-state index in [9.17, 15) is 14.0 Å². The Labute approximate surface area is 155 Å². The van der Waals surface area contributed by atoms with Crippen LogP contribution in [0.3, 0.4) is 0 Å². The number of piperazine rings is 1. The van der Waals surface area contributed by atoms with E-state index >= 15 is 0 Å². The molecule has 1 saturated heterocycles. The first-order valence-corrected chi connectivity index (χ1v) is 8.47. The van der Waals surface area contributed by atoms with Gasteiger partial charge in [0.1, 0.15) is 5.82 Å². The van der Waals surface area contributed by atoms with Gasteiger partial charge in [-0.25, -0.2) is 4.39 Å². The SMILES string of the molecule is Nc1ccc(NC(=O)C(=O)N2CCN(c3ccc(F)cc3)CC2)cc1Cl. The average molecular weight is 377 g/mol. The lowest BCUT2D eigenvalue weighted by Crippen LogP contribution is -2.51. The fraction of sp³-hybridized carbons (Fsp3) is 0.222. The monoisotopic (exact) mass is 376 g/mol. The van der Waals surface area contributed by atoms with Crippen molar-refractivity contribution in [2.24, 2.45) is 0 Å². The summed E-state index contributed by atoms with van der Waals surface area (Å²) in [6, 6.07) is 10.8. The van der Waals surface area contributed by atoms with E-state index in [4.69, 9.17) is 17.3 Å². The molecule has 0 saturated carbocycles. The molecule has 6 nitrogen and oxygen atoms in total. The molecular formula is C18H18ClFN4O2. The number of nitrogens with one attached hydrogen (secondary N) is 1. The number of anilines is 3.